The Bertz CT molecular complexity index is 1110. The van der Waals surface area contributed by atoms with Crippen LogP contribution in [0.2, 0.25) is 10.0 Å². The molecule has 0 radical (unpaired) electrons. The number of nitrogens with zero attached hydrogens (tertiary/aromatic N) is 5. The number of ether oxygens (including phenoxy) is 1. The molecular formula is C22H21Cl2N5O3. The van der Waals surface area contributed by atoms with E-state index in [0.29, 0.717) is 59.6 Å². The number of rotatable bonds is 6. The van der Waals surface area contributed by atoms with E-state index in [1.165, 1.54) is 0 Å². The molecule has 5 rings (SSSR count). The zero-order valence-electron chi connectivity index (χ0n) is 17.2. The van der Waals surface area contributed by atoms with Crippen molar-refractivity contribution >= 4 is 34.9 Å². The molecule has 0 bridgehead atoms. The molecule has 1 saturated carbocycles. The number of anilines is 1. The Kier molecular flexibility index (Phi) is 5.89. The lowest BCUT2D eigenvalue weighted by atomic mass is 10.2. The minimum Gasteiger partial charge on any atom is -0.482 e. The number of carbonyl (C=O) groups excluding carboxylic acids is 1. The highest BCUT2D eigenvalue weighted by Gasteiger charge is 2.30. The van der Waals surface area contributed by atoms with E-state index in [1.54, 1.807) is 29.3 Å². The predicted octanol–water partition coefficient (Wildman–Crippen LogP) is 4.04. The highest BCUT2D eigenvalue weighted by atomic mass is 35.5. The molecule has 3 heterocycles. The van der Waals surface area contributed by atoms with Gasteiger partial charge in [0.05, 0.1) is 5.02 Å². The van der Waals surface area contributed by atoms with Gasteiger partial charge in [-0.25, -0.2) is 4.98 Å². The maximum atomic E-state index is 12.5. The van der Waals surface area contributed by atoms with E-state index in [0.717, 1.165) is 24.2 Å². The summed E-state index contributed by atoms with van der Waals surface area (Å²) < 4.78 is 10.9. The smallest absolute Gasteiger partial charge is 0.260 e. The first-order chi connectivity index (χ1) is 15.6. The lowest BCUT2D eigenvalue weighted by Crippen LogP contribution is -2.50. The first-order valence-electron chi connectivity index (χ1n) is 10.5. The standard InChI is InChI=1S/C22H21Cl2N5O3/c23-16-4-5-18(17(24)11-16)31-13-20(30)29-9-7-28(8-10-29)19-6-3-15(12-25-19)21-26-22(32-27-21)14-1-2-14/h3-6,11-12,14H,1-2,7-10,13H2. The molecular weight excluding hydrogens is 453 g/mol. The molecule has 0 unspecified atom stereocenters. The molecule has 1 aromatic carbocycles. The number of amides is 1. The summed E-state index contributed by atoms with van der Waals surface area (Å²) in [6, 6.07) is 8.82. The van der Waals surface area contributed by atoms with Crippen LogP contribution in [0.25, 0.3) is 11.4 Å². The summed E-state index contributed by atoms with van der Waals surface area (Å²) in [5, 5.41) is 4.96. The van der Waals surface area contributed by atoms with E-state index < -0.39 is 0 Å². The number of piperazine rings is 1. The maximum Gasteiger partial charge on any atom is 0.260 e. The Morgan fingerprint density at radius 2 is 1.94 bits per heavy atom. The van der Waals surface area contributed by atoms with Gasteiger partial charge in [0.1, 0.15) is 11.6 Å². The zero-order valence-corrected chi connectivity index (χ0v) is 18.7. The maximum absolute atomic E-state index is 12.5. The fourth-order valence-electron chi connectivity index (χ4n) is 3.56. The van der Waals surface area contributed by atoms with Crippen molar-refractivity contribution in [3.63, 3.8) is 0 Å². The third-order valence-corrected chi connectivity index (χ3v) is 6.11. The van der Waals surface area contributed by atoms with Crippen LogP contribution < -0.4 is 9.64 Å². The molecule has 0 N–H and O–H groups in total. The van der Waals surface area contributed by atoms with Gasteiger partial charge in [-0.1, -0.05) is 28.4 Å². The van der Waals surface area contributed by atoms with Crippen molar-refractivity contribution in [2.24, 2.45) is 0 Å². The van der Waals surface area contributed by atoms with Crippen LogP contribution in [-0.4, -0.2) is 58.7 Å². The fourth-order valence-corrected chi connectivity index (χ4v) is 4.02. The van der Waals surface area contributed by atoms with Gasteiger partial charge >= 0.3 is 0 Å². The minimum atomic E-state index is -0.0810. The summed E-state index contributed by atoms with van der Waals surface area (Å²) in [7, 11) is 0. The molecule has 2 aromatic heterocycles. The lowest BCUT2D eigenvalue weighted by molar-refractivity contribution is -0.133. The van der Waals surface area contributed by atoms with Gasteiger partial charge in [-0.2, -0.15) is 4.98 Å². The van der Waals surface area contributed by atoms with E-state index in [-0.39, 0.29) is 12.5 Å². The molecule has 166 valence electrons. The van der Waals surface area contributed by atoms with E-state index in [4.69, 9.17) is 32.5 Å². The van der Waals surface area contributed by atoms with Crippen LogP contribution in [0.5, 0.6) is 5.75 Å². The molecule has 3 aromatic rings. The van der Waals surface area contributed by atoms with Crippen molar-refractivity contribution in [1.29, 1.82) is 0 Å². The third-order valence-electron chi connectivity index (χ3n) is 5.58. The fraction of sp³-hybridized carbons (Fsp3) is 0.364. The minimum absolute atomic E-state index is 0.0676. The first kappa shape index (κ1) is 21.0. The van der Waals surface area contributed by atoms with Crippen LogP contribution in [0.4, 0.5) is 5.82 Å². The van der Waals surface area contributed by atoms with Crippen molar-refractivity contribution < 1.29 is 14.1 Å². The number of carbonyl (C=O) groups is 1. The number of hydrogen-bond donors (Lipinski definition) is 0. The second kappa shape index (κ2) is 8.96. The van der Waals surface area contributed by atoms with Crippen LogP contribution in [0.1, 0.15) is 24.7 Å². The number of halogens is 2. The summed E-state index contributed by atoms with van der Waals surface area (Å²) >= 11 is 12.0. The van der Waals surface area contributed by atoms with Crippen molar-refractivity contribution in [2.45, 2.75) is 18.8 Å². The van der Waals surface area contributed by atoms with Crippen molar-refractivity contribution in [3.8, 4) is 17.1 Å². The van der Waals surface area contributed by atoms with Gasteiger partial charge in [0.25, 0.3) is 5.91 Å². The molecule has 2 fully saturated rings. The number of benzene rings is 1. The van der Waals surface area contributed by atoms with Crippen LogP contribution in [0, 0.1) is 0 Å². The van der Waals surface area contributed by atoms with Gasteiger partial charge in [-0.05, 0) is 43.2 Å². The molecule has 32 heavy (non-hydrogen) atoms. The van der Waals surface area contributed by atoms with Crippen LogP contribution in [0.15, 0.2) is 41.1 Å². The second-order valence-electron chi connectivity index (χ2n) is 7.87. The Morgan fingerprint density at radius 1 is 1.12 bits per heavy atom. The average molecular weight is 474 g/mol. The highest BCUT2D eigenvalue weighted by Crippen LogP contribution is 2.39. The Morgan fingerprint density at radius 3 is 2.62 bits per heavy atom. The number of pyridine rings is 1. The molecule has 1 aliphatic carbocycles. The predicted molar refractivity (Wildman–Crippen MR) is 120 cm³/mol. The average Bonchev–Trinajstić information content (AvgIpc) is 3.55. The molecule has 10 heteroatoms. The van der Waals surface area contributed by atoms with Crippen LogP contribution in [-0.2, 0) is 4.79 Å². The van der Waals surface area contributed by atoms with Gasteiger partial charge in [-0.3, -0.25) is 4.79 Å². The monoisotopic (exact) mass is 473 g/mol. The second-order valence-corrected chi connectivity index (χ2v) is 8.71. The van der Waals surface area contributed by atoms with Crippen LogP contribution in [0.3, 0.4) is 0 Å². The first-order valence-corrected chi connectivity index (χ1v) is 11.2. The SMILES string of the molecule is O=C(COc1ccc(Cl)cc1Cl)N1CCN(c2ccc(-c3noc(C4CC4)n3)cn2)CC1. The largest absolute Gasteiger partial charge is 0.482 e. The molecule has 8 nitrogen and oxygen atoms in total. The summed E-state index contributed by atoms with van der Waals surface area (Å²) in [5.74, 6) is 2.93. The van der Waals surface area contributed by atoms with Crippen molar-refractivity contribution in [1.82, 2.24) is 20.0 Å². The van der Waals surface area contributed by atoms with Crippen molar-refractivity contribution in [3.05, 3.63) is 52.5 Å². The Hall–Kier alpha value is -2.84. The van der Waals surface area contributed by atoms with E-state index in [1.807, 2.05) is 12.1 Å². The van der Waals surface area contributed by atoms with E-state index in [2.05, 4.69) is 20.0 Å². The molecule has 0 atom stereocenters. The van der Waals surface area contributed by atoms with Gasteiger partial charge in [0, 0.05) is 48.9 Å². The Labute approximate surface area is 195 Å². The van der Waals surface area contributed by atoms with E-state index in [9.17, 15) is 4.79 Å². The molecule has 1 aliphatic heterocycles. The topological polar surface area (TPSA) is 84.6 Å². The number of aromatic nitrogens is 3. The molecule has 1 saturated heterocycles. The summed E-state index contributed by atoms with van der Waals surface area (Å²) in [5.41, 5.74) is 0.830. The van der Waals surface area contributed by atoms with Crippen molar-refractivity contribution in [2.75, 3.05) is 37.7 Å². The quantitative estimate of drug-likeness (QED) is 0.533. The molecule has 2 aliphatic rings. The summed E-state index contributed by atoms with van der Waals surface area (Å²) in [4.78, 5) is 25.5. The molecule has 0 spiro atoms. The highest BCUT2D eigenvalue weighted by molar-refractivity contribution is 6.35. The molecule has 1 amide bonds. The normalized spacial score (nSPS) is 16.3. The Balaban J connectivity index is 1.13. The van der Waals surface area contributed by atoms with Gasteiger partial charge in [-0.15, -0.1) is 0 Å². The number of hydrogen-bond acceptors (Lipinski definition) is 7. The summed E-state index contributed by atoms with van der Waals surface area (Å²) in [6.07, 6.45) is 4.00. The zero-order chi connectivity index (χ0) is 22.1. The van der Waals surface area contributed by atoms with Gasteiger partial charge in [0.15, 0.2) is 6.61 Å². The van der Waals surface area contributed by atoms with Gasteiger partial charge in [0.2, 0.25) is 11.7 Å². The lowest BCUT2D eigenvalue weighted by Gasteiger charge is -2.35. The third kappa shape index (κ3) is 4.66. The van der Waals surface area contributed by atoms with E-state index >= 15 is 0 Å². The van der Waals surface area contributed by atoms with Crippen LogP contribution >= 0.6 is 23.2 Å². The summed E-state index contributed by atoms with van der Waals surface area (Å²) in [6.45, 7) is 2.49. The van der Waals surface area contributed by atoms with Gasteiger partial charge < -0.3 is 19.1 Å².